The molecule has 1 fully saturated rings. The second-order valence-corrected chi connectivity index (χ2v) is 5.18. The highest BCUT2D eigenvalue weighted by molar-refractivity contribution is 5.92. The van der Waals surface area contributed by atoms with Crippen molar-refractivity contribution < 1.29 is 14.3 Å². The number of nitrogens with zero attached hydrogens (tertiary/aromatic N) is 1. The Balaban J connectivity index is 1.75. The minimum Gasteiger partial charge on any atom is -0.493 e. The highest BCUT2D eigenvalue weighted by Gasteiger charge is 2.19. The maximum absolute atomic E-state index is 12.0. The number of primary amides is 1. The molecule has 1 aromatic rings. The topological polar surface area (TPSA) is 84.7 Å². The molecule has 6 nitrogen and oxygen atoms in total. The van der Waals surface area contributed by atoms with Gasteiger partial charge in [0.25, 0.3) is 0 Å². The van der Waals surface area contributed by atoms with Crippen LogP contribution in [0.5, 0.6) is 5.75 Å². The fourth-order valence-corrected chi connectivity index (χ4v) is 2.29. The quantitative estimate of drug-likeness (QED) is 0.821. The average Bonchev–Trinajstić information content (AvgIpc) is 2.47. The van der Waals surface area contributed by atoms with Crippen molar-refractivity contribution in [2.75, 3.05) is 26.2 Å². The Bertz CT molecular complexity index is 501. The fraction of sp³-hybridized carbons (Fsp3) is 0.467. The van der Waals surface area contributed by atoms with Crippen LogP contribution in [-0.4, -0.2) is 49.0 Å². The van der Waals surface area contributed by atoms with Crippen molar-refractivity contribution in [1.29, 1.82) is 0 Å². The number of rotatable bonds is 5. The van der Waals surface area contributed by atoms with Crippen molar-refractivity contribution in [3.63, 3.8) is 0 Å². The van der Waals surface area contributed by atoms with Gasteiger partial charge >= 0.3 is 0 Å². The van der Waals surface area contributed by atoms with Gasteiger partial charge in [0.15, 0.2) is 0 Å². The number of nitrogens with two attached hydrogens (primary N) is 1. The molecule has 21 heavy (non-hydrogen) atoms. The Morgan fingerprint density at radius 3 is 2.71 bits per heavy atom. The molecule has 0 aliphatic carbocycles. The standard InChI is InChI=1S/C15H21N3O3/c1-11-10-18(8-7-17-11)14(19)6-9-21-13-4-2-12(3-5-13)15(16)20/h2-5,11,17H,6-10H2,1H3,(H2,16,20)/t11-/m1/s1. The van der Waals surface area contributed by atoms with Gasteiger partial charge in [0.1, 0.15) is 5.75 Å². The summed E-state index contributed by atoms with van der Waals surface area (Å²) in [4.78, 5) is 24.8. The second-order valence-electron chi connectivity index (χ2n) is 5.18. The number of nitrogens with one attached hydrogen (secondary N) is 1. The van der Waals surface area contributed by atoms with Gasteiger partial charge in [-0.25, -0.2) is 0 Å². The first-order valence-corrected chi connectivity index (χ1v) is 7.10. The predicted molar refractivity (Wildman–Crippen MR) is 79.1 cm³/mol. The molecule has 1 saturated heterocycles. The zero-order valence-electron chi connectivity index (χ0n) is 12.2. The molecule has 0 radical (unpaired) electrons. The van der Waals surface area contributed by atoms with E-state index in [-0.39, 0.29) is 5.91 Å². The van der Waals surface area contributed by atoms with Gasteiger partial charge in [-0.05, 0) is 31.2 Å². The average molecular weight is 291 g/mol. The zero-order valence-corrected chi connectivity index (χ0v) is 12.2. The summed E-state index contributed by atoms with van der Waals surface area (Å²) in [7, 11) is 0. The summed E-state index contributed by atoms with van der Waals surface area (Å²) < 4.78 is 5.51. The minimum atomic E-state index is -0.468. The molecule has 0 unspecified atom stereocenters. The largest absolute Gasteiger partial charge is 0.493 e. The van der Waals surface area contributed by atoms with Crippen molar-refractivity contribution >= 4 is 11.8 Å². The number of carbonyl (C=O) groups is 2. The van der Waals surface area contributed by atoms with Gasteiger partial charge in [0.2, 0.25) is 11.8 Å². The van der Waals surface area contributed by atoms with E-state index in [0.29, 0.717) is 30.4 Å². The number of benzene rings is 1. The molecule has 1 atom stereocenters. The van der Waals surface area contributed by atoms with E-state index in [1.165, 1.54) is 0 Å². The summed E-state index contributed by atoms with van der Waals surface area (Å²) in [5, 5.41) is 3.30. The van der Waals surface area contributed by atoms with E-state index < -0.39 is 5.91 Å². The Labute approximate surface area is 124 Å². The molecule has 1 aliphatic heterocycles. The summed E-state index contributed by atoms with van der Waals surface area (Å²) in [6.45, 7) is 4.72. The molecule has 0 spiro atoms. The number of hydrogen-bond donors (Lipinski definition) is 2. The SMILES string of the molecule is C[C@@H]1CN(C(=O)CCOc2ccc(C(N)=O)cc2)CCN1. The number of carbonyl (C=O) groups excluding carboxylic acids is 2. The third-order valence-corrected chi connectivity index (χ3v) is 3.44. The van der Waals surface area contributed by atoms with E-state index in [9.17, 15) is 9.59 Å². The molecule has 0 aromatic heterocycles. The molecular formula is C15H21N3O3. The molecule has 2 amide bonds. The number of hydrogen-bond acceptors (Lipinski definition) is 4. The first-order chi connectivity index (χ1) is 10.1. The van der Waals surface area contributed by atoms with Crippen LogP contribution in [0.15, 0.2) is 24.3 Å². The van der Waals surface area contributed by atoms with Gasteiger partial charge in [-0.2, -0.15) is 0 Å². The lowest BCUT2D eigenvalue weighted by Gasteiger charge is -2.31. The van der Waals surface area contributed by atoms with Crippen LogP contribution in [-0.2, 0) is 4.79 Å². The molecule has 114 valence electrons. The summed E-state index contributed by atoms with van der Waals surface area (Å²) in [6.07, 6.45) is 0.351. The van der Waals surface area contributed by atoms with E-state index in [2.05, 4.69) is 12.2 Å². The maximum atomic E-state index is 12.0. The van der Waals surface area contributed by atoms with E-state index in [4.69, 9.17) is 10.5 Å². The molecule has 0 bridgehead atoms. The van der Waals surface area contributed by atoms with Crippen molar-refractivity contribution in [3.8, 4) is 5.75 Å². The zero-order chi connectivity index (χ0) is 15.2. The van der Waals surface area contributed by atoms with Crippen LogP contribution >= 0.6 is 0 Å². The van der Waals surface area contributed by atoms with Crippen LogP contribution < -0.4 is 15.8 Å². The van der Waals surface area contributed by atoms with E-state index in [0.717, 1.165) is 19.6 Å². The molecule has 3 N–H and O–H groups in total. The normalized spacial score (nSPS) is 18.3. The lowest BCUT2D eigenvalue weighted by molar-refractivity contribution is -0.132. The molecule has 1 aromatic carbocycles. The van der Waals surface area contributed by atoms with Crippen LogP contribution in [0.1, 0.15) is 23.7 Å². The predicted octanol–water partition coefficient (Wildman–Crippen LogP) is 0.375. The van der Waals surface area contributed by atoms with E-state index in [1.807, 2.05) is 4.90 Å². The summed E-state index contributed by atoms with van der Waals surface area (Å²) in [6, 6.07) is 6.91. The highest BCUT2D eigenvalue weighted by atomic mass is 16.5. The van der Waals surface area contributed by atoms with Crippen molar-refractivity contribution in [2.24, 2.45) is 5.73 Å². The molecular weight excluding hydrogens is 270 g/mol. The van der Waals surface area contributed by atoms with Crippen LogP contribution in [0.2, 0.25) is 0 Å². The summed E-state index contributed by atoms with van der Waals surface area (Å²) in [5.41, 5.74) is 5.60. The Hall–Kier alpha value is -2.08. The summed E-state index contributed by atoms with van der Waals surface area (Å²) in [5.74, 6) is 0.267. The first kappa shape index (κ1) is 15.3. The lowest BCUT2D eigenvalue weighted by atomic mass is 10.2. The van der Waals surface area contributed by atoms with Gasteiger partial charge in [-0.1, -0.05) is 0 Å². The number of amides is 2. The van der Waals surface area contributed by atoms with E-state index in [1.54, 1.807) is 24.3 Å². The lowest BCUT2D eigenvalue weighted by Crippen LogP contribution is -2.51. The van der Waals surface area contributed by atoms with Crippen LogP contribution in [0.25, 0.3) is 0 Å². The smallest absolute Gasteiger partial charge is 0.248 e. The molecule has 0 saturated carbocycles. The van der Waals surface area contributed by atoms with Crippen LogP contribution in [0.4, 0.5) is 0 Å². The van der Waals surface area contributed by atoms with Gasteiger partial charge in [-0.3, -0.25) is 9.59 Å². The third-order valence-electron chi connectivity index (χ3n) is 3.44. The number of ether oxygens (including phenoxy) is 1. The Morgan fingerprint density at radius 2 is 2.10 bits per heavy atom. The number of piperazine rings is 1. The maximum Gasteiger partial charge on any atom is 0.248 e. The van der Waals surface area contributed by atoms with Crippen molar-refractivity contribution in [1.82, 2.24) is 10.2 Å². The van der Waals surface area contributed by atoms with Crippen molar-refractivity contribution in [2.45, 2.75) is 19.4 Å². The monoisotopic (exact) mass is 291 g/mol. The Kier molecular flexibility index (Phi) is 5.16. The van der Waals surface area contributed by atoms with Gasteiger partial charge in [-0.15, -0.1) is 0 Å². The van der Waals surface area contributed by atoms with Gasteiger partial charge in [0, 0.05) is 31.2 Å². The van der Waals surface area contributed by atoms with Crippen LogP contribution in [0.3, 0.4) is 0 Å². The minimum absolute atomic E-state index is 0.108. The Morgan fingerprint density at radius 1 is 1.38 bits per heavy atom. The van der Waals surface area contributed by atoms with E-state index >= 15 is 0 Å². The van der Waals surface area contributed by atoms with Crippen molar-refractivity contribution in [3.05, 3.63) is 29.8 Å². The molecule has 1 aliphatic rings. The van der Waals surface area contributed by atoms with Gasteiger partial charge in [0.05, 0.1) is 13.0 Å². The fourth-order valence-electron chi connectivity index (χ4n) is 2.29. The molecule has 1 heterocycles. The highest BCUT2D eigenvalue weighted by Crippen LogP contribution is 2.12. The third kappa shape index (κ3) is 4.46. The molecule has 2 rings (SSSR count). The van der Waals surface area contributed by atoms with Crippen LogP contribution in [0, 0.1) is 0 Å². The second kappa shape index (κ2) is 7.08. The molecule has 6 heteroatoms. The summed E-state index contributed by atoms with van der Waals surface area (Å²) >= 11 is 0. The van der Waals surface area contributed by atoms with Gasteiger partial charge < -0.3 is 20.7 Å². The first-order valence-electron chi connectivity index (χ1n) is 7.10.